The Kier molecular flexibility index (Phi) is 8.12. The molecule has 2 amide bonds. The highest BCUT2D eigenvalue weighted by molar-refractivity contribution is 7.89. The van der Waals surface area contributed by atoms with Crippen molar-refractivity contribution in [1.82, 2.24) is 9.62 Å². The third kappa shape index (κ3) is 6.59. The molecular formula is C22H27N3O7S. The topological polar surface area (TPSA) is 123 Å². The highest BCUT2D eigenvalue weighted by Gasteiger charge is 2.25. The van der Waals surface area contributed by atoms with E-state index in [0.717, 1.165) is 4.31 Å². The smallest absolute Gasteiger partial charge is 0.257 e. The van der Waals surface area contributed by atoms with E-state index in [1.807, 2.05) is 6.92 Å². The van der Waals surface area contributed by atoms with Gasteiger partial charge in [-0.3, -0.25) is 9.59 Å². The summed E-state index contributed by atoms with van der Waals surface area (Å²) in [5.41, 5.74) is 0.465. The van der Waals surface area contributed by atoms with Gasteiger partial charge in [-0.05, 0) is 43.3 Å². The molecule has 0 unspecified atom stereocenters. The first-order valence-electron chi connectivity index (χ1n) is 10.4. The number of benzene rings is 2. The van der Waals surface area contributed by atoms with E-state index >= 15 is 0 Å². The zero-order valence-corrected chi connectivity index (χ0v) is 19.3. The highest BCUT2D eigenvalue weighted by Crippen LogP contribution is 2.32. The fourth-order valence-electron chi connectivity index (χ4n) is 3.00. The monoisotopic (exact) mass is 477 g/mol. The molecular weight excluding hydrogens is 450 g/mol. The third-order valence-electron chi connectivity index (χ3n) is 4.68. The van der Waals surface area contributed by atoms with Crippen LogP contribution in [-0.2, 0) is 19.6 Å². The van der Waals surface area contributed by atoms with Crippen molar-refractivity contribution in [2.24, 2.45) is 0 Å². The van der Waals surface area contributed by atoms with Gasteiger partial charge in [-0.25, -0.2) is 8.42 Å². The third-order valence-corrected chi connectivity index (χ3v) is 6.47. The number of sulfonamides is 1. The second kappa shape index (κ2) is 11.0. The van der Waals surface area contributed by atoms with Crippen molar-refractivity contribution in [3.05, 3.63) is 42.5 Å². The van der Waals surface area contributed by atoms with E-state index in [-0.39, 0.29) is 24.0 Å². The Hall–Kier alpha value is -3.31. The van der Waals surface area contributed by atoms with Crippen LogP contribution in [0.2, 0.25) is 0 Å². The number of rotatable bonds is 9. The zero-order valence-electron chi connectivity index (χ0n) is 18.5. The Bertz CT molecular complexity index is 1090. The molecule has 0 fully saturated rings. The molecule has 1 heterocycles. The maximum atomic E-state index is 12.9. The fourth-order valence-corrected chi connectivity index (χ4v) is 4.15. The number of ether oxygens (including phenoxy) is 3. The summed E-state index contributed by atoms with van der Waals surface area (Å²) in [7, 11) is -2.59. The molecule has 2 N–H and O–H groups in total. The number of anilines is 1. The number of nitrogens with zero attached hydrogens (tertiary/aromatic N) is 1. The number of fused-ring (bicyclic) bond motifs is 1. The largest absolute Gasteiger partial charge is 0.490 e. The van der Waals surface area contributed by atoms with Crippen LogP contribution < -0.4 is 24.8 Å². The zero-order chi connectivity index (χ0) is 23.8. The van der Waals surface area contributed by atoms with Gasteiger partial charge in [-0.1, -0.05) is 0 Å². The summed E-state index contributed by atoms with van der Waals surface area (Å²) in [5, 5.41) is 5.27. The molecule has 1 aliphatic heterocycles. The Balaban J connectivity index is 1.57. The minimum atomic E-state index is -3.92. The minimum Gasteiger partial charge on any atom is -0.490 e. The van der Waals surface area contributed by atoms with Crippen LogP contribution in [0.5, 0.6) is 17.2 Å². The van der Waals surface area contributed by atoms with Crippen LogP contribution in [0.1, 0.15) is 13.3 Å². The normalized spacial score (nSPS) is 13.2. The first kappa shape index (κ1) is 24.3. The molecule has 33 heavy (non-hydrogen) atoms. The van der Waals surface area contributed by atoms with Gasteiger partial charge >= 0.3 is 0 Å². The van der Waals surface area contributed by atoms with Gasteiger partial charge in [-0.2, -0.15) is 4.31 Å². The van der Waals surface area contributed by atoms with Crippen molar-refractivity contribution in [2.45, 2.75) is 18.2 Å². The van der Waals surface area contributed by atoms with Crippen molar-refractivity contribution in [2.75, 3.05) is 45.3 Å². The predicted octanol–water partition coefficient (Wildman–Crippen LogP) is 1.62. The molecule has 10 nitrogen and oxygen atoms in total. The van der Waals surface area contributed by atoms with Crippen molar-refractivity contribution in [3.63, 3.8) is 0 Å². The second-order valence-electron chi connectivity index (χ2n) is 7.23. The quantitative estimate of drug-likeness (QED) is 0.563. The summed E-state index contributed by atoms with van der Waals surface area (Å²) in [6, 6.07) is 10.8. The number of hydrogen-bond acceptors (Lipinski definition) is 7. The van der Waals surface area contributed by atoms with E-state index in [1.54, 1.807) is 30.3 Å². The molecule has 11 heteroatoms. The predicted molar refractivity (Wildman–Crippen MR) is 121 cm³/mol. The second-order valence-corrected chi connectivity index (χ2v) is 9.28. The first-order valence-corrected chi connectivity index (χ1v) is 11.9. The SMILES string of the molecule is CCNC(=O)COc1ccc(NC(=O)CN(C)S(=O)(=O)c2ccc3c(c2)OCCCO3)cc1. The molecule has 0 aromatic heterocycles. The fraction of sp³-hybridized carbons (Fsp3) is 0.364. The number of hydrogen-bond donors (Lipinski definition) is 2. The average Bonchev–Trinajstić information content (AvgIpc) is 3.03. The Morgan fingerprint density at radius 3 is 2.42 bits per heavy atom. The Morgan fingerprint density at radius 1 is 1.03 bits per heavy atom. The lowest BCUT2D eigenvalue weighted by atomic mass is 10.3. The molecule has 178 valence electrons. The van der Waals surface area contributed by atoms with Gasteiger partial charge in [0, 0.05) is 31.8 Å². The van der Waals surface area contributed by atoms with E-state index < -0.39 is 15.9 Å². The van der Waals surface area contributed by atoms with Crippen molar-refractivity contribution >= 4 is 27.5 Å². The van der Waals surface area contributed by atoms with Crippen LogP contribution in [0.25, 0.3) is 0 Å². The summed E-state index contributed by atoms with van der Waals surface area (Å²) in [6.45, 7) is 2.78. The van der Waals surface area contributed by atoms with Crippen LogP contribution in [0.15, 0.2) is 47.4 Å². The van der Waals surface area contributed by atoms with Crippen LogP contribution in [0.3, 0.4) is 0 Å². The number of nitrogens with one attached hydrogen (secondary N) is 2. The molecule has 0 spiro atoms. The number of amides is 2. The summed E-state index contributed by atoms with van der Waals surface area (Å²) in [5.74, 6) is 0.582. The van der Waals surface area contributed by atoms with E-state index in [2.05, 4.69) is 10.6 Å². The number of carbonyl (C=O) groups is 2. The summed E-state index contributed by atoms with van der Waals surface area (Å²) in [4.78, 5) is 23.9. The van der Waals surface area contributed by atoms with Gasteiger partial charge in [0.2, 0.25) is 15.9 Å². The maximum Gasteiger partial charge on any atom is 0.257 e. The number of carbonyl (C=O) groups excluding carboxylic acids is 2. The van der Waals surface area contributed by atoms with Crippen LogP contribution >= 0.6 is 0 Å². The molecule has 3 rings (SSSR count). The Labute approximate surface area is 192 Å². The maximum absolute atomic E-state index is 12.9. The van der Waals surface area contributed by atoms with Gasteiger partial charge in [0.05, 0.1) is 24.7 Å². The van der Waals surface area contributed by atoms with Gasteiger partial charge in [-0.15, -0.1) is 0 Å². The summed E-state index contributed by atoms with van der Waals surface area (Å²) >= 11 is 0. The van der Waals surface area contributed by atoms with Crippen LogP contribution in [0, 0.1) is 0 Å². The molecule has 0 saturated heterocycles. The van der Waals surface area contributed by atoms with E-state index in [4.69, 9.17) is 14.2 Å². The lowest BCUT2D eigenvalue weighted by molar-refractivity contribution is -0.123. The molecule has 0 aliphatic carbocycles. The van der Waals surface area contributed by atoms with Gasteiger partial charge < -0.3 is 24.8 Å². The average molecular weight is 478 g/mol. The van der Waals surface area contributed by atoms with E-state index in [1.165, 1.54) is 19.2 Å². The van der Waals surface area contributed by atoms with Crippen LogP contribution in [0.4, 0.5) is 5.69 Å². The highest BCUT2D eigenvalue weighted by atomic mass is 32.2. The van der Waals surface area contributed by atoms with Crippen molar-refractivity contribution in [3.8, 4) is 17.2 Å². The van der Waals surface area contributed by atoms with Gasteiger partial charge in [0.1, 0.15) is 5.75 Å². The minimum absolute atomic E-state index is 0.00987. The molecule has 2 aromatic rings. The van der Waals surface area contributed by atoms with Gasteiger partial charge in [0.25, 0.3) is 5.91 Å². The molecule has 2 aromatic carbocycles. The van der Waals surface area contributed by atoms with Crippen molar-refractivity contribution in [1.29, 1.82) is 0 Å². The van der Waals surface area contributed by atoms with E-state index in [0.29, 0.717) is 49.1 Å². The number of likely N-dealkylation sites (N-methyl/N-ethyl adjacent to an activating group) is 2. The summed E-state index contributed by atoms with van der Waals surface area (Å²) in [6.07, 6.45) is 0.706. The molecule has 0 radical (unpaired) electrons. The van der Waals surface area contributed by atoms with Gasteiger partial charge in [0.15, 0.2) is 18.1 Å². The first-order chi connectivity index (χ1) is 15.8. The molecule has 0 atom stereocenters. The molecule has 0 saturated carbocycles. The lowest BCUT2D eigenvalue weighted by Crippen LogP contribution is -2.35. The van der Waals surface area contributed by atoms with E-state index in [9.17, 15) is 18.0 Å². The lowest BCUT2D eigenvalue weighted by Gasteiger charge is -2.18. The molecule has 1 aliphatic rings. The summed E-state index contributed by atoms with van der Waals surface area (Å²) < 4.78 is 43.2. The Morgan fingerprint density at radius 2 is 1.73 bits per heavy atom. The van der Waals surface area contributed by atoms with Crippen LogP contribution in [-0.4, -0.2) is 64.5 Å². The van der Waals surface area contributed by atoms with Crippen molar-refractivity contribution < 1.29 is 32.2 Å². The molecule has 0 bridgehead atoms. The standard InChI is InChI=1S/C22H27N3O7S/c1-3-23-22(27)15-32-17-7-5-16(6-8-17)24-21(26)14-25(2)33(28,29)18-9-10-19-20(13-18)31-12-4-11-30-19/h5-10,13H,3-4,11-12,14-15H2,1-2H3,(H,23,27)(H,24,26).